The molecule has 0 spiro atoms. The van der Waals surface area contributed by atoms with Crippen LogP contribution >= 0.6 is 11.8 Å². The predicted molar refractivity (Wildman–Crippen MR) is 109 cm³/mol. The molecule has 150 valence electrons. The second kappa shape index (κ2) is 9.07. The average Bonchev–Trinajstić information content (AvgIpc) is 2.68. The number of benzene rings is 2. The number of hydrogen-bond donors (Lipinski definition) is 0. The molecule has 2 aromatic carbocycles. The van der Waals surface area contributed by atoms with Crippen molar-refractivity contribution in [3.05, 3.63) is 65.5 Å². The maximum atomic E-state index is 13.9. The predicted octanol–water partition coefficient (Wildman–Crippen LogP) is 2.90. The topological polar surface area (TPSA) is 57.7 Å². The third-order valence-corrected chi connectivity index (χ3v) is 7.54. The number of rotatable bonds is 6. The summed E-state index contributed by atoms with van der Waals surface area (Å²) in [5.41, 5.74) is 2.37. The number of thioether (sulfide) groups is 1. The molecule has 0 unspecified atom stereocenters. The van der Waals surface area contributed by atoms with Crippen molar-refractivity contribution in [1.82, 2.24) is 9.21 Å². The zero-order valence-corrected chi connectivity index (χ0v) is 17.3. The fraction of sp³-hybridized carbons (Fsp3) is 0.350. The van der Waals surface area contributed by atoms with Gasteiger partial charge in [0.05, 0.1) is 5.75 Å². The molecule has 1 amide bonds. The zero-order valence-electron chi connectivity index (χ0n) is 15.7. The average molecular weight is 423 g/mol. The number of amides is 1. The van der Waals surface area contributed by atoms with Crippen LogP contribution in [-0.2, 0) is 20.6 Å². The number of halogens is 1. The standard InChI is InChI=1S/C20H23FN2O3S2/c1-16-5-4-6-17(13-16)14-27-15-20(24)22-9-11-23(12-10-22)28(25,26)19-8-3-2-7-18(19)21/h2-8,13H,9-12,14-15H2,1H3. The zero-order chi connectivity index (χ0) is 20.1. The molecule has 0 aromatic heterocycles. The molecule has 1 aliphatic heterocycles. The van der Waals surface area contributed by atoms with E-state index in [1.807, 2.05) is 25.1 Å². The molecule has 0 aliphatic carbocycles. The number of carbonyl (C=O) groups excluding carboxylic acids is 1. The first-order valence-electron chi connectivity index (χ1n) is 9.03. The van der Waals surface area contributed by atoms with E-state index < -0.39 is 15.8 Å². The second-order valence-electron chi connectivity index (χ2n) is 6.70. The minimum atomic E-state index is -3.88. The summed E-state index contributed by atoms with van der Waals surface area (Å²) in [4.78, 5) is 13.8. The van der Waals surface area contributed by atoms with Crippen molar-refractivity contribution in [3.8, 4) is 0 Å². The Morgan fingerprint density at radius 3 is 2.46 bits per heavy atom. The Bertz CT molecular complexity index is 942. The van der Waals surface area contributed by atoms with Gasteiger partial charge < -0.3 is 4.90 Å². The van der Waals surface area contributed by atoms with Crippen LogP contribution in [0.1, 0.15) is 11.1 Å². The first-order chi connectivity index (χ1) is 13.4. The normalized spacial score (nSPS) is 15.6. The van der Waals surface area contributed by atoms with Crippen molar-refractivity contribution in [2.24, 2.45) is 0 Å². The third kappa shape index (κ3) is 4.92. The molecular formula is C20H23FN2O3S2. The lowest BCUT2D eigenvalue weighted by Crippen LogP contribution is -2.51. The molecule has 0 saturated carbocycles. The largest absolute Gasteiger partial charge is 0.339 e. The number of aryl methyl sites for hydroxylation is 1. The van der Waals surface area contributed by atoms with E-state index in [0.29, 0.717) is 18.8 Å². The van der Waals surface area contributed by atoms with Crippen LogP contribution in [-0.4, -0.2) is 55.5 Å². The van der Waals surface area contributed by atoms with E-state index in [-0.39, 0.29) is 23.9 Å². The number of carbonyl (C=O) groups is 1. The van der Waals surface area contributed by atoms with Gasteiger partial charge in [-0.3, -0.25) is 4.79 Å². The lowest BCUT2D eigenvalue weighted by molar-refractivity contribution is -0.129. The second-order valence-corrected chi connectivity index (χ2v) is 9.59. The molecule has 8 heteroatoms. The van der Waals surface area contributed by atoms with E-state index in [9.17, 15) is 17.6 Å². The van der Waals surface area contributed by atoms with Crippen molar-refractivity contribution in [2.45, 2.75) is 17.6 Å². The van der Waals surface area contributed by atoms with Gasteiger partial charge in [-0.2, -0.15) is 4.31 Å². The number of piperazine rings is 1. The van der Waals surface area contributed by atoms with Crippen molar-refractivity contribution in [3.63, 3.8) is 0 Å². The number of hydrogen-bond acceptors (Lipinski definition) is 4. The molecule has 28 heavy (non-hydrogen) atoms. The van der Waals surface area contributed by atoms with Gasteiger partial charge in [0.25, 0.3) is 0 Å². The van der Waals surface area contributed by atoms with Crippen LogP contribution in [0.3, 0.4) is 0 Å². The molecule has 3 rings (SSSR count). The quantitative estimate of drug-likeness (QED) is 0.718. The van der Waals surface area contributed by atoms with Crippen LogP contribution in [0, 0.1) is 12.7 Å². The Morgan fingerprint density at radius 1 is 1.07 bits per heavy atom. The van der Waals surface area contributed by atoms with E-state index in [2.05, 4.69) is 6.07 Å². The summed E-state index contributed by atoms with van der Waals surface area (Å²) >= 11 is 1.55. The van der Waals surface area contributed by atoms with Gasteiger partial charge in [-0.15, -0.1) is 11.8 Å². The van der Waals surface area contributed by atoms with Gasteiger partial charge in [-0.1, -0.05) is 42.0 Å². The Kier molecular flexibility index (Phi) is 6.74. The Hall–Kier alpha value is -1.90. The lowest BCUT2D eigenvalue weighted by Gasteiger charge is -2.34. The van der Waals surface area contributed by atoms with Gasteiger partial charge in [-0.05, 0) is 24.6 Å². The summed E-state index contributed by atoms with van der Waals surface area (Å²) < 4.78 is 40.4. The Morgan fingerprint density at radius 2 is 1.79 bits per heavy atom. The summed E-state index contributed by atoms with van der Waals surface area (Å²) in [5.74, 6) is 0.359. The van der Waals surface area contributed by atoms with Crippen LogP contribution in [0.5, 0.6) is 0 Å². The van der Waals surface area contributed by atoms with Crippen LogP contribution in [0.2, 0.25) is 0 Å². The fourth-order valence-electron chi connectivity index (χ4n) is 3.12. The minimum Gasteiger partial charge on any atom is -0.339 e. The summed E-state index contributed by atoms with van der Waals surface area (Å²) in [7, 11) is -3.88. The highest BCUT2D eigenvalue weighted by Crippen LogP contribution is 2.21. The summed E-state index contributed by atoms with van der Waals surface area (Å²) in [6.45, 7) is 3.01. The fourth-order valence-corrected chi connectivity index (χ4v) is 5.48. The van der Waals surface area contributed by atoms with Gasteiger partial charge in [0.15, 0.2) is 0 Å². The Labute approximate surface area is 169 Å². The molecule has 1 aliphatic rings. The molecule has 2 aromatic rings. The van der Waals surface area contributed by atoms with Crippen molar-refractivity contribution in [2.75, 3.05) is 31.9 Å². The summed E-state index contributed by atoms with van der Waals surface area (Å²) in [6, 6.07) is 13.5. The van der Waals surface area contributed by atoms with Gasteiger partial charge in [0, 0.05) is 31.9 Å². The highest BCUT2D eigenvalue weighted by Gasteiger charge is 2.31. The molecule has 1 heterocycles. The SMILES string of the molecule is Cc1cccc(CSCC(=O)N2CCN(S(=O)(=O)c3ccccc3F)CC2)c1. The molecule has 1 saturated heterocycles. The van der Waals surface area contributed by atoms with Gasteiger partial charge in [0.2, 0.25) is 15.9 Å². The van der Waals surface area contributed by atoms with Crippen LogP contribution < -0.4 is 0 Å². The van der Waals surface area contributed by atoms with Gasteiger partial charge in [0.1, 0.15) is 10.7 Å². The number of nitrogens with zero attached hydrogens (tertiary/aromatic N) is 2. The van der Waals surface area contributed by atoms with Crippen LogP contribution in [0.25, 0.3) is 0 Å². The highest BCUT2D eigenvalue weighted by molar-refractivity contribution is 7.99. The molecule has 0 bridgehead atoms. The van der Waals surface area contributed by atoms with E-state index in [0.717, 1.165) is 11.8 Å². The van der Waals surface area contributed by atoms with Crippen molar-refractivity contribution < 1.29 is 17.6 Å². The molecular weight excluding hydrogens is 399 g/mol. The number of sulfonamides is 1. The summed E-state index contributed by atoms with van der Waals surface area (Å²) in [6.07, 6.45) is 0. The monoisotopic (exact) mass is 422 g/mol. The van der Waals surface area contributed by atoms with Crippen molar-refractivity contribution in [1.29, 1.82) is 0 Å². The minimum absolute atomic E-state index is 0.000549. The van der Waals surface area contributed by atoms with E-state index in [1.165, 1.54) is 33.6 Å². The molecule has 0 N–H and O–H groups in total. The summed E-state index contributed by atoms with van der Waals surface area (Å²) in [5, 5.41) is 0. The molecule has 5 nitrogen and oxygen atoms in total. The Balaban J connectivity index is 1.50. The molecule has 0 atom stereocenters. The smallest absolute Gasteiger partial charge is 0.246 e. The third-order valence-electron chi connectivity index (χ3n) is 4.62. The maximum absolute atomic E-state index is 13.9. The van der Waals surface area contributed by atoms with Gasteiger partial charge in [-0.25, -0.2) is 12.8 Å². The highest BCUT2D eigenvalue weighted by atomic mass is 32.2. The first-order valence-corrected chi connectivity index (χ1v) is 11.6. The van der Waals surface area contributed by atoms with Crippen LogP contribution in [0.4, 0.5) is 4.39 Å². The van der Waals surface area contributed by atoms with Gasteiger partial charge >= 0.3 is 0 Å². The van der Waals surface area contributed by atoms with Crippen molar-refractivity contribution >= 4 is 27.7 Å². The maximum Gasteiger partial charge on any atom is 0.246 e. The van der Waals surface area contributed by atoms with Crippen LogP contribution in [0.15, 0.2) is 53.4 Å². The lowest BCUT2D eigenvalue weighted by atomic mass is 10.2. The first kappa shape index (κ1) is 20.8. The van der Waals surface area contributed by atoms with E-state index >= 15 is 0 Å². The molecule has 1 fully saturated rings. The van der Waals surface area contributed by atoms with E-state index in [4.69, 9.17) is 0 Å². The molecule has 0 radical (unpaired) electrons. The van der Waals surface area contributed by atoms with E-state index in [1.54, 1.807) is 16.7 Å².